The second-order valence-electron chi connectivity index (χ2n) is 13.1. The SMILES string of the molecule is CC(C)CN(C[C@@H](O)[C@H](Cc1ccccc1)NC(=O)[C@@H](NC(=O)OCc1ccccc1)C(C)(C)C)S(=O)(=O)c1ccc2c(c1)OCO2. The molecular weight excluding hydrogens is 622 g/mol. The molecule has 0 spiro atoms. The zero-order chi connectivity index (χ0) is 34.2. The van der Waals surface area contributed by atoms with E-state index in [2.05, 4.69) is 10.6 Å². The fraction of sp³-hybridized carbons (Fsp3) is 0.429. The number of alkyl carbamates (subject to hydrolysis) is 1. The van der Waals surface area contributed by atoms with Crippen LogP contribution in [0.2, 0.25) is 0 Å². The predicted octanol–water partition coefficient (Wildman–Crippen LogP) is 4.49. The summed E-state index contributed by atoms with van der Waals surface area (Å²) in [5, 5.41) is 17.3. The van der Waals surface area contributed by atoms with Gasteiger partial charge in [0.2, 0.25) is 22.7 Å². The van der Waals surface area contributed by atoms with Gasteiger partial charge in [0.1, 0.15) is 12.6 Å². The number of nitrogens with zero attached hydrogens (tertiary/aromatic N) is 1. The largest absolute Gasteiger partial charge is 0.454 e. The molecule has 2 amide bonds. The minimum atomic E-state index is -4.08. The van der Waals surface area contributed by atoms with Gasteiger partial charge in [0.05, 0.1) is 17.0 Å². The van der Waals surface area contributed by atoms with Gasteiger partial charge >= 0.3 is 6.09 Å². The molecule has 11 nitrogen and oxygen atoms in total. The molecule has 47 heavy (non-hydrogen) atoms. The first-order valence-electron chi connectivity index (χ1n) is 15.6. The number of aliphatic hydroxyl groups excluding tert-OH is 1. The number of ether oxygens (including phenoxy) is 3. The standard InChI is InChI=1S/C35H45N3O8S/c1-24(2)20-38(47(42,43)27-16-17-30-31(19-27)46-23-45-30)21-29(39)28(18-25-12-8-6-9-13-25)36-33(40)32(35(3,4)5)37-34(41)44-22-26-14-10-7-11-15-26/h6-17,19,24,28-29,32,39H,18,20-23H2,1-5H3,(H,36,40)(H,37,41)/t28-,29+,32+/m0/s1. The van der Waals surface area contributed by atoms with Gasteiger partial charge in [0, 0.05) is 19.2 Å². The normalized spacial score (nSPS) is 14.8. The molecule has 0 aliphatic carbocycles. The number of hydrogen-bond donors (Lipinski definition) is 3. The highest BCUT2D eigenvalue weighted by Crippen LogP contribution is 2.35. The Labute approximate surface area is 277 Å². The van der Waals surface area contributed by atoms with E-state index in [0.717, 1.165) is 11.1 Å². The van der Waals surface area contributed by atoms with Gasteiger partial charge in [-0.2, -0.15) is 4.31 Å². The van der Waals surface area contributed by atoms with E-state index in [4.69, 9.17) is 14.2 Å². The Hall–Kier alpha value is -4.13. The zero-order valence-electron chi connectivity index (χ0n) is 27.5. The minimum absolute atomic E-state index is 0.00326. The van der Waals surface area contributed by atoms with Crippen LogP contribution in [-0.4, -0.2) is 67.9 Å². The number of carbonyl (C=O) groups is 2. The van der Waals surface area contributed by atoms with Crippen molar-refractivity contribution >= 4 is 22.0 Å². The Morgan fingerprint density at radius 1 is 0.894 bits per heavy atom. The summed E-state index contributed by atoms with van der Waals surface area (Å²) in [5.74, 6) is 0.178. The lowest BCUT2D eigenvalue weighted by atomic mass is 9.85. The molecule has 3 aromatic rings. The van der Waals surface area contributed by atoms with Crippen LogP contribution in [0.3, 0.4) is 0 Å². The molecule has 1 aliphatic heterocycles. The average molecular weight is 668 g/mol. The second-order valence-corrected chi connectivity index (χ2v) is 15.0. The molecule has 0 radical (unpaired) electrons. The van der Waals surface area contributed by atoms with Gasteiger partial charge in [-0.3, -0.25) is 4.79 Å². The van der Waals surface area contributed by atoms with Crippen LogP contribution in [0.15, 0.2) is 83.8 Å². The summed E-state index contributed by atoms with van der Waals surface area (Å²) in [7, 11) is -4.08. The van der Waals surface area contributed by atoms with Crippen molar-refractivity contribution in [2.45, 2.75) is 70.7 Å². The quantitative estimate of drug-likeness (QED) is 0.228. The van der Waals surface area contributed by atoms with E-state index in [1.54, 1.807) is 26.8 Å². The third-order valence-corrected chi connectivity index (χ3v) is 9.46. The molecule has 0 bridgehead atoms. The summed E-state index contributed by atoms with van der Waals surface area (Å²) in [5.41, 5.74) is 0.894. The smallest absolute Gasteiger partial charge is 0.408 e. The molecular formula is C35H45N3O8S. The molecule has 3 N–H and O–H groups in total. The molecule has 0 saturated heterocycles. The summed E-state index contributed by atoms with van der Waals surface area (Å²) in [6, 6.07) is 20.9. The first-order valence-corrected chi connectivity index (χ1v) is 17.1. The minimum Gasteiger partial charge on any atom is -0.454 e. The summed E-state index contributed by atoms with van der Waals surface area (Å²) in [6.07, 6.45) is -1.86. The molecule has 3 atom stereocenters. The van der Waals surface area contributed by atoms with Gasteiger partial charge in [0.25, 0.3) is 0 Å². The molecule has 4 rings (SSSR count). The molecule has 1 aliphatic rings. The maximum absolute atomic E-state index is 13.9. The fourth-order valence-electron chi connectivity index (χ4n) is 5.18. The zero-order valence-corrected chi connectivity index (χ0v) is 28.3. The van der Waals surface area contributed by atoms with Crippen molar-refractivity contribution in [2.24, 2.45) is 11.3 Å². The van der Waals surface area contributed by atoms with E-state index < -0.39 is 45.6 Å². The van der Waals surface area contributed by atoms with Crippen LogP contribution in [0, 0.1) is 11.3 Å². The van der Waals surface area contributed by atoms with Crippen molar-refractivity contribution in [3.8, 4) is 11.5 Å². The van der Waals surface area contributed by atoms with E-state index in [1.165, 1.54) is 16.4 Å². The molecule has 0 fully saturated rings. The summed E-state index contributed by atoms with van der Waals surface area (Å²) in [6.45, 7) is 9.05. The molecule has 1 heterocycles. The van der Waals surface area contributed by atoms with Crippen molar-refractivity contribution in [1.82, 2.24) is 14.9 Å². The number of amides is 2. The molecule has 254 valence electrons. The van der Waals surface area contributed by atoms with Crippen molar-refractivity contribution in [3.63, 3.8) is 0 Å². The maximum atomic E-state index is 13.9. The van der Waals surface area contributed by atoms with Crippen LogP contribution in [0.1, 0.15) is 45.7 Å². The Morgan fingerprint density at radius 3 is 2.13 bits per heavy atom. The van der Waals surface area contributed by atoms with Crippen molar-refractivity contribution in [2.75, 3.05) is 19.9 Å². The number of nitrogens with one attached hydrogen (secondary N) is 2. The second kappa shape index (κ2) is 15.6. The first kappa shape index (κ1) is 35.7. The third-order valence-electron chi connectivity index (χ3n) is 7.64. The van der Waals surface area contributed by atoms with Crippen molar-refractivity contribution < 1.29 is 37.3 Å². The summed E-state index contributed by atoms with van der Waals surface area (Å²) in [4.78, 5) is 26.6. The Morgan fingerprint density at radius 2 is 1.51 bits per heavy atom. The number of rotatable bonds is 14. The van der Waals surface area contributed by atoms with E-state index in [1.807, 2.05) is 74.5 Å². The average Bonchev–Trinajstić information content (AvgIpc) is 3.50. The number of hydrogen-bond acceptors (Lipinski definition) is 8. The van der Waals surface area contributed by atoms with Gasteiger partial charge in [-0.05, 0) is 41.0 Å². The van der Waals surface area contributed by atoms with Crippen LogP contribution in [0.4, 0.5) is 4.79 Å². The van der Waals surface area contributed by atoms with Gasteiger partial charge in [0.15, 0.2) is 11.5 Å². The maximum Gasteiger partial charge on any atom is 0.408 e. The Bertz CT molecular complexity index is 1590. The number of aliphatic hydroxyl groups is 1. The van der Waals surface area contributed by atoms with E-state index in [-0.39, 0.29) is 43.7 Å². The molecule has 12 heteroatoms. The molecule has 0 aromatic heterocycles. The Kier molecular flexibility index (Phi) is 11.9. The lowest BCUT2D eigenvalue weighted by Crippen LogP contribution is -2.58. The highest BCUT2D eigenvalue weighted by Gasteiger charge is 2.37. The topological polar surface area (TPSA) is 143 Å². The van der Waals surface area contributed by atoms with Gasteiger partial charge in [-0.15, -0.1) is 0 Å². The van der Waals surface area contributed by atoms with Crippen LogP contribution in [-0.2, 0) is 32.6 Å². The van der Waals surface area contributed by atoms with Crippen LogP contribution in [0.25, 0.3) is 0 Å². The Balaban J connectivity index is 1.55. The number of carbonyl (C=O) groups excluding carboxylic acids is 2. The van der Waals surface area contributed by atoms with Gasteiger partial charge in [-0.1, -0.05) is 95.3 Å². The van der Waals surface area contributed by atoms with Gasteiger partial charge in [-0.25, -0.2) is 13.2 Å². The fourth-order valence-corrected chi connectivity index (χ4v) is 6.81. The lowest BCUT2D eigenvalue weighted by molar-refractivity contribution is -0.127. The molecule has 0 saturated carbocycles. The van der Waals surface area contributed by atoms with Crippen LogP contribution >= 0.6 is 0 Å². The predicted molar refractivity (Wildman–Crippen MR) is 177 cm³/mol. The summed E-state index contributed by atoms with van der Waals surface area (Å²) < 4.78 is 45.1. The van der Waals surface area contributed by atoms with Crippen LogP contribution in [0.5, 0.6) is 11.5 Å². The van der Waals surface area contributed by atoms with Crippen molar-refractivity contribution in [3.05, 3.63) is 90.0 Å². The number of sulfonamides is 1. The highest BCUT2D eigenvalue weighted by atomic mass is 32.2. The van der Waals surface area contributed by atoms with E-state index >= 15 is 0 Å². The van der Waals surface area contributed by atoms with Gasteiger partial charge < -0.3 is 30.0 Å². The van der Waals surface area contributed by atoms with E-state index in [0.29, 0.717) is 11.5 Å². The third kappa shape index (κ3) is 9.93. The number of benzene rings is 3. The van der Waals surface area contributed by atoms with E-state index in [9.17, 15) is 23.1 Å². The number of fused-ring (bicyclic) bond motifs is 1. The van der Waals surface area contributed by atoms with Crippen molar-refractivity contribution in [1.29, 1.82) is 0 Å². The first-order chi connectivity index (χ1) is 22.2. The molecule has 3 aromatic carbocycles. The highest BCUT2D eigenvalue weighted by molar-refractivity contribution is 7.89. The summed E-state index contributed by atoms with van der Waals surface area (Å²) >= 11 is 0. The van der Waals surface area contributed by atoms with Crippen LogP contribution < -0.4 is 20.1 Å². The monoisotopic (exact) mass is 667 g/mol. The molecule has 0 unspecified atom stereocenters. The lowest BCUT2D eigenvalue weighted by Gasteiger charge is -2.34.